The molecule has 0 fully saturated rings. The predicted octanol–water partition coefficient (Wildman–Crippen LogP) is 5.15. The second-order valence-electron chi connectivity index (χ2n) is 8.00. The van der Waals surface area contributed by atoms with Gasteiger partial charge in [-0.15, -0.1) is 16.4 Å². The van der Waals surface area contributed by atoms with Gasteiger partial charge >= 0.3 is 0 Å². The fourth-order valence-electron chi connectivity index (χ4n) is 3.87. The Kier molecular flexibility index (Phi) is 4.75. The Labute approximate surface area is 189 Å². The molecule has 0 saturated heterocycles. The van der Waals surface area contributed by atoms with Gasteiger partial charge in [-0.2, -0.15) is 4.52 Å². The van der Waals surface area contributed by atoms with Gasteiger partial charge in [0.2, 0.25) is 14.9 Å². The van der Waals surface area contributed by atoms with Gasteiger partial charge in [-0.1, -0.05) is 23.4 Å². The van der Waals surface area contributed by atoms with E-state index >= 15 is 0 Å². The lowest BCUT2D eigenvalue weighted by Gasteiger charge is -2.10. The lowest BCUT2D eigenvalue weighted by molar-refractivity contribution is 0.592. The Bertz CT molecular complexity index is 1600. The Morgan fingerprint density at radius 2 is 1.69 bits per heavy atom. The number of hydrogen-bond donors (Lipinski definition) is 1. The van der Waals surface area contributed by atoms with Crippen LogP contribution in [0.4, 0.5) is 11.5 Å². The maximum Gasteiger partial charge on any atom is 0.229 e. The fourth-order valence-corrected chi connectivity index (χ4v) is 6.24. The van der Waals surface area contributed by atoms with Crippen LogP contribution in [0.1, 0.15) is 22.3 Å². The van der Waals surface area contributed by atoms with Crippen molar-refractivity contribution < 1.29 is 8.42 Å². The van der Waals surface area contributed by atoms with E-state index in [1.165, 1.54) is 15.9 Å². The highest BCUT2D eigenvalue weighted by atomic mass is 32.2. The normalized spacial score (nSPS) is 12.0. The van der Waals surface area contributed by atoms with Crippen molar-refractivity contribution >= 4 is 48.5 Å². The van der Waals surface area contributed by atoms with Crippen LogP contribution in [0, 0.1) is 27.7 Å². The first-order valence-corrected chi connectivity index (χ1v) is 12.4. The third-order valence-electron chi connectivity index (χ3n) is 5.29. The molecule has 9 heteroatoms. The zero-order chi connectivity index (χ0) is 22.6. The van der Waals surface area contributed by atoms with E-state index in [0.717, 1.165) is 32.6 Å². The molecule has 0 amide bonds. The van der Waals surface area contributed by atoms with Gasteiger partial charge in [-0.25, -0.2) is 13.4 Å². The lowest BCUT2D eigenvalue weighted by atomic mass is 10.1. The zero-order valence-electron chi connectivity index (χ0n) is 18.0. The minimum atomic E-state index is -3.91. The Morgan fingerprint density at radius 1 is 0.938 bits per heavy atom. The van der Waals surface area contributed by atoms with Crippen LogP contribution in [0.15, 0.2) is 57.8 Å². The highest BCUT2D eigenvalue weighted by molar-refractivity contribution is 7.91. The number of benzene rings is 2. The summed E-state index contributed by atoms with van der Waals surface area (Å²) in [6.07, 6.45) is 0. The molecule has 0 aliphatic carbocycles. The summed E-state index contributed by atoms with van der Waals surface area (Å²) in [5.41, 5.74) is 5.60. The van der Waals surface area contributed by atoms with E-state index in [0.29, 0.717) is 11.4 Å². The summed E-state index contributed by atoms with van der Waals surface area (Å²) in [5.74, 6) is 0.576. The van der Waals surface area contributed by atoms with Crippen molar-refractivity contribution in [3.8, 4) is 0 Å². The molecule has 2 aromatic carbocycles. The molecule has 0 atom stereocenters. The van der Waals surface area contributed by atoms with Crippen molar-refractivity contribution in [2.75, 3.05) is 5.32 Å². The first-order valence-electron chi connectivity index (χ1n) is 10.0. The van der Waals surface area contributed by atoms with E-state index in [1.54, 1.807) is 19.1 Å². The summed E-state index contributed by atoms with van der Waals surface area (Å²) in [6.45, 7) is 7.70. The van der Waals surface area contributed by atoms with Crippen LogP contribution in [-0.2, 0) is 9.84 Å². The van der Waals surface area contributed by atoms with E-state index in [2.05, 4.69) is 21.7 Å². The van der Waals surface area contributed by atoms with Crippen molar-refractivity contribution in [1.82, 2.24) is 19.8 Å². The van der Waals surface area contributed by atoms with Crippen LogP contribution in [0.2, 0.25) is 0 Å². The molecule has 0 spiro atoms. The minimum absolute atomic E-state index is 0.150. The van der Waals surface area contributed by atoms with Gasteiger partial charge in [0, 0.05) is 5.69 Å². The van der Waals surface area contributed by atoms with Crippen molar-refractivity contribution in [1.29, 1.82) is 0 Å². The molecule has 5 rings (SSSR count). The summed E-state index contributed by atoms with van der Waals surface area (Å²) in [5, 5.41) is 13.4. The van der Waals surface area contributed by atoms with Crippen LogP contribution in [-0.4, -0.2) is 28.2 Å². The van der Waals surface area contributed by atoms with Crippen LogP contribution >= 0.6 is 11.3 Å². The molecule has 7 nitrogen and oxygen atoms in total. The number of sulfone groups is 1. The molecule has 0 saturated carbocycles. The number of thiophene rings is 1. The number of anilines is 2. The number of nitrogens with zero attached hydrogens (tertiary/aromatic N) is 4. The van der Waals surface area contributed by atoms with Gasteiger partial charge in [0.15, 0.2) is 11.5 Å². The highest BCUT2D eigenvalue weighted by Crippen LogP contribution is 2.33. The van der Waals surface area contributed by atoms with Crippen molar-refractivity contribution in [3.63, 3.8) is 0 Å². The van der Waals surface area contributed by atoms with Crippen LogP contribution < -0.4 is 5.32 Å². The summed E-state index contributed by atoms with van der Waals surface area (Å²) in [6, 6.07) is 13.4. The van der Waals surface area contributed by atoms with E-state index in [4.69, 9.17) is 4.98 Å². The summed E-state index contributed by atoms with van der Waals surface area (Å²) in [7, 11) is -3.91. The quantitative estimate of drug-likeness (QED) is 0.397. The Hall–Kier alpha value is -3.30. The lowest BCUT2D eigenvalue weighted by Crippen LogP contribution is -2.07. The van der Waals surface area contributed by atoms with E-state index in [1.807, 2.05) is 50.4 Å². The molecule has 0 bridgehead atoms. The van der Waals surface area contributed by atoms with Crippen LogP contribution in [0.3, 0.4) is 0 Å². The summed E-state index contributed by atoms with van der Waals surface area (Å²) < 4.78 is 29.5. The van der Waals surface area contributed by atoms with Gasteiger partial charge in [0.05, 0.1) is 15.1 Å². The molecule has 5 aromatic rings. The number of rotatable bonds is 4. The van der Waals surface area contributed by atoms with E-state index in [9.17, 15) is 8.42 Å². The number of nitrogens with one attached hydrogen (secondary N) is 1. The highest BCUT2D eigenvalue weighted by Gasteiger charge is 2.28. The number of hydrogen-bond acceptors (Lipinski definition) is 7. The number of aryl methyl sites for hydroxylation is 4. The van der Waals surface area contributed by atoms with E-state index < -0.39 is 9.84 Å². The third kappa shape index (κ3) is 3.34. The van der Waals surface area contributed by atoms with E-state index in [-0.39, 0.29) is 15.6 Å². The molecule has 3 heterocycles. The van der Waals surface area contributed by atoms with Gasteiger partial charge in [-0.3, -0.25) is 0 Å². The SMILES string of the molecule is Cc1cc(C)cc(Nc2nc3c(S(=O)(=O)c4cc(C)ccc4C)nnn3c3ccsc23)c1. The predicted molar refractivity (Wildman–Crippen MR) is 127 cm³/mol. The molecule has 0 aliphatic heterocycles. The fraction of sp³-hybridized carbons (Fsp3) is 0.174. The molecule has 0 aliphatic rings. The Balaban J connectivity index is 1.73. The molecular weight excluding hydrogens is 442 g/mol. The second kappa shape index (κ2) is 7.39. The smallest absolute Gasteiger partial charge is 0.229 e. The first kappa shape index (κ1) is 20.6. The molecule has 1 N–H and O–H groups in total. The molecule has 32 heavy (non-hydrogen) atoms. The standard InChI is InChI=1S/C23H21N5O2S2/c1-13-5-6-16(4)19(12-13)32(29,30)23-22-25-21(24-17-10-14(2)9-15(3)11-17)20-18(7-8-31-20)28(22)27-26-23/h5-12H,1-4H3,(H,24,25). The summed E-state index contributed by atoms with van der Waals surface area (Å²) >= 11 is 1.51. The monoisotopic (exact) mass is 463 g/mol. The van der Waals surface area contributed by atoms with Crippen molar-refractivity contribution in [2.24, 2.45) is 0 Å². The van der Waals surface area contributed by atoms with Gasteiger partial charge in [-0.05, 0) is 79.6 Å². The number of fused-ring (bicyclic) bond motifs is 3. The van der Waals surface area contributed by atoms with Crippen molar-refractivity contribution in [3.05, 3.63) is 70.1 Å². The summed E-state index contributed by atoms with van der Waals surface area (Å²) in [4.78, 5) is 4.91. The Morgan fingerprint density at radius 3 is 2.44 bits per heavy atom. The maximum absolute atomic E-state index is 13.5. The molecule has 162 valence electrons. The average molecular weight is 464 g/mol. The topological polar surface area (TPSA) is 89.2 Å². The molecule has 0 unspecified atom stereocenters. The molecule has 3 aromatic heterocycles. The minimum Gasteiger partial charge on any atom is -0.339 e. The zero-order valence-corrected chi connectivity index (χ0v) is 19.7. The van der Waals surface area contributed by atoms with Gasteiger partial charge in [0.1, 0.15) is 0 Å². The van der Waals surface area contributed by atoms with Crippen LogP contribution in [0.25, 0.3) is 15.9 Å². The maximum atomic E-state index is 13.5. The largest absolute Gasteiger partial charge is 0.339 e. The molecule has 0 radical (unpaired) electrons. The second-order valence-corrected chi connectivity index (χ2v) is 10.7. The van der Waals surface area contributed by atoms with Gasteiger partial charge < -0.3 is 5.32 Å². The van der Waals surface area contributed by atoms with Gasteiger partial charge in [0.25, 0.3) is 0 Å². The molecular formula is C23H21N5O2S2. The third-order valence-corrected chi connectivity index (χ3v) is 8.00. The number of aromatic nitrogens is 4. The first-order chi connectivity index (χ1) is 15.2. The van der Waals surface area contributed by atoms with Crippen LogP contribution in [0.5, 0.6) is 0 Å². The average Bonchev–Trinajstić information content (AvgIpc) is 3.36. The van der Waals surface area contributed by atoms with Crippen molar-refractivity contribution in [2.45, 2.75) is 37.6 Å².